The Hall–Kier alpha value is -2.71. The van der Waals surface area contributed by atoms with Crippen molar-refractivity contribution in [2.75, 3.05) is 13.7 Å². The maximum absolute atomic E-state index is 13.8. The largest absolute Gasteiger partial charge is 0.497 e. The molecule has 0 N–H and O–H groups in total. The molecule has 0 bridgehead atoms. The molecule has 0 spiro atoms. The Labute approximate surface area is 189 Å². The molecule has 2 aromatic carbocycles. The Kier molecular flexibility index (Phi) is 7.36. The van der Waals surface area contributed by atoms with Gasteiger partial charge in [0.25, 0.3) is 5.56 Å². The number of para-hydroxylation sites is 1. The number of aromatic nitrogens is 2. The van der Waals surface area contributed by atoms with E-state index in [4.69, 9.17) is 9.72 Å². The molecule has 1 heterocycles. The summed E-state index contributed by atoms with van der Waals surface area (Å²) in [5.41, 5.74) is 0.417. The zero-order valence-corrected chi connectivity index (χ0v) is 20.1. The molecule has 1 aromatic heterocycles. The van der Waals surface area contributed by atoms with E-state index < -0.39 is 16.1 Å². The number of rotatable bonds is 9. The van der Waals surface area contributed by atoms with E-state index in [1.807, 2.05) is 39.8 Å². The van der Waals surface area contributed by atoms with Crippen LogP contribution in [0.25, 0.3) is 10.9 Å². The molecule has 0 aliphatic rings. The lowest BCUT2D eigenvalue weighted by atomic mass is 10.1. The van der Waals surface area contributed by atoms with Crippen LogP contribution in [0, 0.1) is 5.92 Å². The van der Waals surface area contributed by atoms with Gasteiger partial charge in [-0.25, -0.2) is 13.4 Å². The van der Waals surface area contributed by atoms with Crippen molar-refractivity contribution >= 4 is 20.9 Å². The third-order valence-electron chi connectivity index (χ3n) is 5.45. The Morgan fingerprint density at radius 1 is 1.06 bits per heavy atom. The van der Waals surface area contributed by atoms with E-state index in [9.17, 15) is 13.2 Å². The minimum absolute atomic E-state index is 0.0827. The SMILES string of the molecule is CCC(c1nc2ccccc2c(=O)n1CC)N(CC(C)C)S(=O)(=O)c1ccc(OC)cc1. The van der Waals surface area contributed by atoms with E-state index in [1.165, 1.54) is 11.4 Å². The second-order valence-corrected chi connectivity index (χ2v) is 10.00. The van der Waals surface area contributed by atoms with Crippen LogP contribution in [0.4, 0.5) is 0 Å². The molecule has 7 nitrogen and oxygen atoms in total. The predicted molar refractivity (Wildman–Crippen MR) is 126 cm³/mol. The van der Waals surface area contributed by atoms with Crippen molar-refractivity contribution in [3.05, 3.63) is 64.7 Å². The van der Waals surface area contributed by atoms with Crippen LogP contribution in [0.5, 0.6) is 5.75 Å². The van der Waals surface area contributed by atoms with E-state index in [-0.39, 0.29) is 16.4 Å². The topological polar surface area (TPSA) is 81.5 Å². The minimum atomic E-state index is -3.85. The van der Waals surface area contributed by atoms with Crippen LogP contribution in [-0.2, 0) is 16.6 Å². The highest BCUT2D eigenvalue weighted by Crippen LogP contribution is 2.31. The van der Waals surface area contributed by atoms with Gasteiger partial charge in [-0.3, -0.25) is 9.36 Å². The number of sulfonamides is 1. The molecule has 0 saturated carbocycles. The predicted octanol–water partition coefficient (Wildman–Crippen LogP) is 4.22. The third kappa shape index (κ3) is 4.56. The molecule has 172 valence electrons. The van der Waals surface area contributed by atoms with Crippen molar-refractivity contribution in [1.82, 2.24) is 13.9 Å². The van der Waals surface area contributed by atoms with E-state index in [2.05, 4.69) is 0 Å². The Morgan fingerprint density at radius 2 is 1.72 bits per heavy atom. The number of fused-ring (bicyclic) bond motifs is 1. The average molecular weight is 458 g/mol. The fraction of sp³-hybridized carbons (Fsp3) is 0.417. The van der Waals surface area contributed by atoms with Crippen molar-refractivity contribution in [3.8, 4) is 5.75 Å². The van der Waals surface area contributed by atoms with Crippen LogP contribution in [-0.4, -0.2) is 35.9 Å². The molecule has 0 fully saturated rings. The lowest BCUT2D eigenvalue weighted by Crippen LogP contribution is -2.40. The molecular weight excluding hydrogens is 426 g/mol. The summed E-state index contributed by atoms with van der Waals surface area (Å²) in [6, 6.07) is 13.0. The maximum Gasteiger partial charge on any atom is 0.261 e. The first kappa shape index (κ1) is 23.9. The summed E-state index contributed by atoms with van der Waals surface area (Å²) in [5.74, 6) is 1.14. The number of nitrogens with zero attached hydrogens (tertiary/aromatic N) is 3. The molecule has 0 aliphatic carbocycles. The summed E-state index contributed by atoms with van der Waals surface area (Å²) < 4.78 is 35.8. The lowest BCUT2D eigenvalue weighted by Gasteiger charge is -2.32. The van der Waals surface area contributed by atoms with Gasteiger partial charge >= 0.3 is 0 Å². The molecule has 0 amide bonds. The van der Waals surface area contributed by atoms with Gasteiger partial charge in [0, 0.05) is 13.1 Å². The Bertz CT molecular complexity index is 1230. The molecule has 32 heavy (non-hydrogen) atoms. The van der Waals surface area contributed by atoms with Crippen LogP contribution < -0.4 is 10.3 Å². The monoisotopic (exact) mass is 457 g/mol. The average Bonchev–Trinajstić information content (AvgIpc) is 2.79. The standard InChI is InChI=1S/C24H31N3O4S/c1-6-22(23-25-21-11-9-8-10-20(21)24(28)26(23)7-2)27(16-17(3)4)32(29,30)19-14-12-18(31-5)13-15-19/h8-15,17,22H,6-7,16H2,1-5H3. The fourth-order valence-electron chi connectivity index (χ4n) is 3.90. The summed E-state index contributed by atoms with van der Waals surface area (Å²) >= 11 is 0. The smallest absolute Gasteiger partial charge is 0.261 e. The van der Waals surface area contributed by atoms with Gasteiger partial charge in [-0.2, -0.15) is 4.31 Å². The fourth-order valence-corrected chi connectivity index (χ4v) is 5.72. The van der Waals surface area contributed by atoms with Crippen LogP contribution in [0.1, 0.15) is 46.0 Å². The number of methoxy groups -OCH3 is 1. The highest BCUT2D eigenvalue weighted by atomic mass is 32.2. The Morgan fingerprint density at radius 3 is 2.28 bits per heavy atom. The number of hydrogen-bond donors (Lipinski definition) is 0. The normalized spacial score (nSPS) is 13.1. The van der Waals surface area contributed by atoms with Crippen molar-refractivity contribution in [1.29, 1.82) is 0 Å². The van der Waals surface area contributed by atoms with E-state index in [0.717, 1.165) is 0 Å². The molecule has 3 aromatic rings. The minimum Gasteiger partial charge on any atom is -0.497 e. The first-order valence-electron chi connectivity index (χ1n) is 10.9. The first-order valence-corrected chi connectivity index (χ1v) is 12.3. The van der Waals surface area contributed by atoms with Gasteiger partial charge in [-0.05, 0) is 55.7 Å². The molecule has 1 unspecified atom stereocenters. The van der Waals surface area contributed by atoms with E-state index >= 15 is 0 Å². The number of benzene rings is 2. The van der Waals surface area contributed by atoms with Gasteiger partial charge < -0.3 is 4.74 Å². The van der Waals surface area contributed by atoms with Crippen LogP contribution in [0.2, 0.25) is 0 Å². The summed E-state index contributed by atoms with van der Waals surface area (Å²) in [6.45, 7) is 8.45. The number of hydrogen-bond acceptors (Lipinski definition) is 5. The summed E-state index contributed by atoms with van der Waals surface area (Å²) in [4.78, 5) is 18.1. The second kappa shape index (κ2) is 9.83. The molecule has 1 atom stereocenters. The second-order valence-electron chi connectivity index (χ2n) is 8.10. The van der Waals surface area contributed by atoms with Gasteiger partial charge in [-0.1, -0.05) is 32.9 Å². The highest BCUT2D eigenvalue weighted by molar-refractivity contribution is 7.89. The quantitative estimate of drug-likeness (QED) is 0.480. The first-order chi connectivity index (χ1) is 15.2. The van der Waals surface area contributed by atoms with Crippen LogP contribution in [0.3, 0.4) is 0 Å². The van der Waals surface area contributed by atoms with Gasteiger partial charge in [-0.15, -0.1) is 0 Å². The highest BCUT2D eigenvalue weighted by Gasteiger charge is 2.34. The summed E-state index contributed by atoms with van der Waals surface area (Å²) in [5, 5.41) is 0.529. The van der Waals surface area contributed by atoms with Crippen molar-refractivity contribution < 1.29 is 13.2 Å². The van der Waals surface area contributed by atoms with Crippen molar-refractivity contribution in [3.63, 3.8) is 0 Å². The van der Waals surface area contributed by atoms with Gasteiger partial charge in [0.15, 0.2) is 0 Å². The van der Waals surface area contributed by atoms with Crippen LogP contribution >= 0.6 is 0 Å². The zero-order chi connectivity index (χ0) is 23.5. The van der Waals surface area contributed by atoms with E-state index in [0.29, 0.717) is 42.0 Å². The number of ether oxygens (including phenoxy) is 1. The Balaban J connectivity index is 2.21. The zero-order valence-electron chi connectivity index (χ0n) is 19.3. The van der Waals surface area contributed by atoms with E-state index in [1.54, 1.807) is 41.0 Å². The molecule has 3 rings (SSSR count). The molecule has 0 aliphatic heterocycles. The molecule has 8 heteroatoms. The van der Waals surface area contributed by atoms with Gasteiger partial charge in [0.1, 0.15) is 11.6 Å². The maximum atomic E-state index is 13.8. The van der Waals surface area contributed by atoms with Crippen molar-refractivity contribution in [2.45, 2.75) is 51.6 Å². The third-order valence-corrected chi connectivity index (χ3v) is 7.34. The van der Waals surface area contributed by atoms with Gasteiger partial charge in [0.05, 0.1) is 29.0 Å². The molecular formula is C24H31N3O4S. The summed E-state index contributed by atoms with van der Waals surface area (Å²) in [7, 11) is -2.31. The van der Waals surface area contributed by atoms with Gasteiger partial charge in [0.2, 0.25) is 10.0 Å². The molecule has 0 radical (unpaired) electrons. The lowest BCUT2D eigenvalue weighted by molar-refractivity contribution is 0.270. The molecule has 0 saturated heterocycles. The summed E-state index contributed by atoms with van der Waals surface area (Å²) in [6.07, 6.45) is 0.479. The van der Waals surface area contributed by atoms with Crippen molar-refractivity contribution in [2.24, 2.45) is 5.92 Å². The van der Waals surface area contributed by atoms with Crippen LogP contribution in [0.15, 0.2) is 58.2 Å².